The number of carbonyl (C=O) groups is 1. The summed E-state index contributed by atoms with van der Waals surface area (Å²) in [6.45, 7) is 5.57. The number of hydrogen-bond donors (Lipinski definition) is 1. The summed E-state index contributed by atoms with van der Waals surface area (Å²) in [6, 6.07) is 4.49. The second kappa shape index (κ2) is 9.93. The van der Waals surface area contributed by atoms with Crippen molar-refractivity contribution in [3.8, 4) is 17.0 Å². The van der Waals surface area contributed by atoms with Crippen molar-refractivity contribution in [3.63, 3.8) is 0 Å². The monoisotopic (exact) mass is 586 g/mol. The second-order valence-electron chi connectivity index (χ2n) is 11.6. The SMILES string of the molecule is CCOC(=O)[C@@]12C3=C4CN=C(OCc5cc(-c6cnc(OCCCC(C)(C)O)cc6C(F)(F)F)ccc5F)C=C4C1[C@H]32. The van der Waals surface area contributed by atoms with Crippen LogP contribution in [0.2, 0.25) is 0 Å². The highest BCUT2D eigenvalue weighted by Crippen LogP contribution is 2.92. The van der Waals surface area contributed by atoms with Crippen LogP contribution in [0.15, 0.2) is 58.3 Å². The van der Waals surface area contributed by atoms with Crippen molar-refractivity contribution in [2.45, 2.75) is 52.0 Å². The molecule has 2 aromatic rings. The molecule has 7 nitrogen and oxygen atoms in total. The molecule has 3 atom stereocenters. The number of hydrogen-bond acceptors (Lipinski definition) is 7. The van der Waals surface area contributed by atoms with Crippen LogP contribution in [0.1, 0.15) is 44.7 Å². The van der Waals surface area contributed by atoms with Gasteiger partial charge in [-0.3, -0.25) is 4.79 Å². The quantitative estimate of drug-likeness (QED) is 0.215. The van der Waals surface area contributed by atoms with Crippen molar-refractivity contribution in [3.05, 3.63) is 70.2 Å². The lowest BCUT2D eigenvalue weighted by Crippen LogP contribution is -2.19. The third kappa shape index (κ3) is 4.77. The third-order valence-corrected chi connectivity index (χ3v) is 8.27. The molecule has 1 aromatic heterocycles. The van der Waals surface area contributed by atoms with E-state index in [2.05, 4.69) is 9.98 Å². The molecule has 2 heterocycles. The number of aromatic nitrogens is 1. The maximum absolute atomic E-state index is 14.7. The number of dihydropyridines is 1. The molecular weight excluding hydrogens is 556 g/mol. The van der Waals surface area contributed by atoms with Gasteiger partial charge in [0.15, 0.2) is 0 Å². The number of esters is 1. The Kier molecular flexibility index (Phi) is 6.71. The molecule has 1 aromatic carbocycles. The maximum Gasteiger partial charge on any atom is 0.417 e. The van der Waals surface area contributed by atoms with Gasteiger partial charge >= 0.3 is 12.1 Å². The molecule has 1 unspecified atom stereocenters. The molecule has 1 N–H and O–H groups in total. The minimum atomic E-state index is -4.71. The van der Waals surface area contributed by atoms with Crippen molar-refractivity contribution in [2.24, 2.45) is 22.2 Å². The molecule has 1 aliphatic heterocycles. The normalized spacial score (nSPS) is 23.5. The summed E-state index contributed by atoms with van der Waals surface area (Å²) >= 11 is 0. The zero-order valence-corrected chi connectivity index (χ0v) is 23.3. The van der Waals surface area contributed by atoms with Gasteiger partial charge in [-0.2, -0.15) is 13.2 Å². The fourth-order valence-corrected chi connectivity index (χ4v) is 6.26. The Morgan fingerprint density at radius 1 is 1.17 bits per heavy atom. The largest absolute Gasteiger partial charge is 0.478 e. The number of aliphatic hydroxyl groups is 1. The summed E-state index contributed by atoms with van der Waals surface area (Å²) in [6.07, 6.45) is -1.04. The van der Waals surface area contributed by atoms with Crippen LogP contribution in [-0.2, 0) is 27.1 Å². The molecule has 42 heavy (non-hydrogen) atoms. The van der Waals surface area contributed by atoms with Gasteiger partial charge in [0.25, 0.3) is 0 Å². The van der Waals surface area contributed by atoms with Gasteiger partial charge in [-0.05, 0) is 68.0 Å². The fourth-order valence-electron chi connectivity index (χ4n) is 6.26. The molecular formula is C31H30F4N2O5. The molecule has 0 radical (unpaired) electrons. The molecule has 222 valence electrons. The van der Waals surface area contributed by atoms with Crippen LogP contribution in [-0.4, -0.2) is 47.3 Å². The summed E-state index contributed by atoms with van der Waals surface area (Å²) in [5.41, 5.74) is 0.738. The van der Waals surface area contributed by atoms with Crippen LogP contribution < -0.4 is 4.74 Å². The van der Waals surface area contributed by atoms with Crippen LogP contribution in [0, 0.1) is 23.1 Å². The Labute approximate surface area is 239 Å². The first kappa shape index (κ1) is 28.4. The second-order valence-corrected chi connectivity index (χ2v) is 11.6. The molecule has 0 saturated heterocycles. The van der Waals surface area contributed by atoms with E-state index in [-0.39, 0.29) is 59.5 Å². The summed E-state index contributed by atoms with van der Waals surface area (Å²) in [4.78, 5) is 20.9. The van der Waals surface area contributed by atoms with E-state index in [9.17, 15) is 27.5 Å². The minimum Gasteiger partial charge on any atom is -0.478 e. The lowest BCUT2D eigenvalue weighted by molar-refractivity contribution is -0.146. The van der Waals surface area contributed by atoms with Crippen LogP contribution in [0.25, 0.3) is 11.1 Å². The molecule has 2 fully saturated rings. The number of rotatable bonds is 10. The van der Waals surface area contributed by atoms with Crippen molar-refractivity contribution in [2.75, 3.05) is 19.8 Å². The highest BCUT2D eigenvalue weighted by atomic mass is 19.4. The van der Waals surface area contributed by atoms with Crippen LogP contribution in [0.3, 0.4) is 0 Å². The zero-order valence-electron chi connectivity index (χ0n) is 23.3. The maximum atomic E-state index is 14.7. The zero-order chi connectivity index (χ0) is 30.0. The van der Waals surface area contributed by atoms with E-state index < -0.39 is 28.6 Å². The summed E-state index contributed by atoms with van der Waals surface area (Å²) < 4.78 is 73.2. The van der Waals surface area contributed by atoms with Crippen molar-refractivity contribution in [1.29, 1.82) is 0 Å². The predicted molar refractivity (Wildman–Crippen MR) is 144 cm³/mol. The Balaban J connectivity index is 1.15. The van der Waals surface area contributed by atoms with Gasteiger partial charge in [0.05, 0.1) is 30.9 Å². The summed E-state index contributed by atoms with van der Waals surface area (Å²) in [5, 5.41) is 9.79. The summed E-state index contributed by atoms with van der Waals surface area (Å²) in [5.74, 6) is -0.458. The van der Waals surface area contributed by atoms with Gasteiger partial charge in [-0.1, -0.05) is 6.07 Å². The van der Waals surface area contributed by atoms with E-state index in [1.807, 2.05) is 0 Å². The molecule has 0 spiro atoms. The lowest BCUT2D eigenvalue weighted by Gasteiger charge is -2.18. The van der Waals surface area contributed by atoms with E-state index in [0.717, 1.165) is 35.0 Å². The van der Waals surface area contributed by atoms with Crippen LogP contribution >= 0.6 is 0 Å². The third-order valence-electron chi connectivity index (χ3n) is 8.27. The van der Waals surface area contributed by atoms with E-state index in [1.165, 1.54) is 12.1 Å². The van der Waals surface area contributed by atoms with Gasteiger partial charge in [0.1, 0.15) is 17.8 Å². The average Bonchev–Trinajstić information content (AvgIpc) is 3.72. The molecule has 11 heteroatoms. The van der Waals surface area contributed by atoms with Crippen LogP contribution in [0.4, 0.5) is 17.6 Å². The smallest absolute Gasteiger partial charge is 0.417 e. The van der Waals surface area contributed by atoms with E-state index in [0.29, 0.717) is 26.0 Å². The van der Waals surface area contributed by atoms with E-state index in [1.54, 1.807) is 26.8 Å². The van der Waals surface area contributed by atoms with E-state index >= 15 is 0 Å². The van der Waals surface area contributed by atoms with Crippen molar-refractivity contribution < 1.29 is 41.7 Å². The van der Waals surface area contributed by atoms with Gasteiger partial charge in [0, 0.05) is 41.3 Å². The van der Waals surface area contributed by atoms with Gasteiger partial charge in [-0.25, -0.2) is 14.4 Å². The van der Waals surface area contributed by atoms with Gasteiger partial charge < -0.3 is 19.3 Å². The standard InChI is InChI=1S/C31H30F4N2O5/c1-4-40-28(38)30-25-18-11-23(37-14-20(18)26(30)27(25)30)42-15-17-10-16(6-7-22(17)32)19-13-36-24(12-21(19)31(33,34)35)41-9-5-8-29(2,3)39/h6-7,10-13,25,27,39H,4-5,8-9,14-15H2,1-3H3/t25?,27-,30-/m1/s1. The molecule has 2 bridgehead atoms. The number of alkyl halides is 3. The Hall–Kier alpha value is -3.73. The number of carbonyl (C=O) groups excluding carboxylic acids is 1. The summed E-state index contributed by atoms with van der Waals surface area (Å²) in [7, 11) is 0. The first-order valence-electron chi connectivity index (χ1n) is 13.9. The molecule has 5 aliphatic rings. The fraction of sp³-hybridized carbons (Fsp3) is 0.452. The first-order valence-corrected chi connectivity index (χ1v) is 13.9. The highest BCUT2D eigenvalue weighted by molar-refractivity contribution is 6.03. The molecule has 7 rings (SSSR count). The molecule has 0 amide bonds. The molecule has 2 saturated carbocycles. The number of nitrogens with zero attached hydrogens (tertiary/aromatic N) is 2. The van der Waals surface area contributed by atoms with Gasteiger partial charge in [-0.15, -0.1) is 0 Å². The van der Waals surface area contributed by atoms with Crippen molar-refractivity contribution in [1.82, 2.24) is 4.98 Å². The van der Waals surface area contributed by atoms with E-state index in [4.69, 9.17) is 14.2 Å². The number of aliphatic imine (C=N–C) groups is 1. The highest BCUT2D eigenvalue weighted by Gasteiger charge is 2.93. The van der Waals surface area contributed by atoms with Crippen molar-refractivity contribution >= 4 is 11.9 Å². The number of halogens is 4. The average molecular weight is 587 g/mol. The Bertz CT molecular complexity index is 1560. The Morgan fingerprint density at radius 2 is 1.95 bits per heavy atom. The Morgan fingerprint density at radius 3 is 2.67 bits per heavy atom. The lowest BCUT2D eigenvalue weighted by atomic mass is 9.99. The number of ether oxygens (including phenoxy) is 3. The number of benzene rings is 1. The first-order chi connectivity index (χ1) is 19.9. The number of pyridine rings is 1. The topological polar surface area (TPSA) is 90.2 Å². The van der Waals surface area contributed by atoms with Gasteiger partial charge in [0.2, 0.25) is 11.8 Å². The molecule has 4 aliphatic carbocycles. The van der Waals surface area contributed by atoms with Crippen LogP contribution in [0.5, 0.6) is 5.88 Å². The minimum absolute atomic E-state index is 0.0576. The predicted octanol–water partition coefficient (Wildman–Crippen LogP) is 5.81.